The summed E-state index contributed by atoms with van der Waals surface area (Å²) < 4.78 is 10.4. The van der Waals surface area contributed by atoms with Crippen molar-refractivity contribution in [2.24, 2.45) is 0 Å². The van der Waals surface area contributed by atoms with Crippen LogP contribution >= 0.6 is 11.6 Å². The van der Waals surface area contributed by atoms with Crippen molar-refractivity contribution in [1.82, 2.24) is 10.2 Å². The lowest BCUT2D eigenvalue weighted by atomic mass is 9.92. The minimum atomic E-state index is -1.28. The van der Waals surface area contributed by atoms with E-state index in [2.05, 4.69) is 5.32 Å². The molecule has 2 aromatic rings. The van der Waals surface area contributed by atoms with Crippen molar-refractivity contribution in [2.75, 3.05) is 13.7 Å². The molecule has 1 fully saturated rings. The zero-order valence-corrected chi connectivity index (χ0v) is 17.3. The number of halogens is 1. The topological polar surface area (TPSA) is 84.9 Å². The van der Waals surface area contributed by atoms with E-state index in [4.69, 9.17) is 21.1 Å². The number of hydrogen-bond donors (Lipinski definition) is 1. The van der Waals surface area contributed by atoms with Crippen molar-refractivity contribution in [1.29, 1.82) is 0 Å². The maximum absolute atomic E-state index is 12.9. The quantitative estimate of drug-likeness (QED) is 0.459. The molecule has 8 heteroatoms. The molecule has 0 saturated carbocycles. The lowest BCUT2D eigenvalue weighted by molar-refractivity contribution is -0.140. The van der Waals surface area contributed by atoms with Crippen molar-refractivity contribution in [3.63, 3.8) is 0 Å². The van der Waals surface area contributed by atoms with Crippen LogP contribution in [0.3, 0.4) is 0 Å². The first-order chi connectivity index (χ1) is 13.7. The van der Waals surface area contributed by atoms with Gasteiger partial charge in [-0.2, -0.15) is 0 Å². The molecule has 0 aliphatic carbocycles. The molecule has 1 saturated heterocycles. The average molecular weight is 417 g/mol. The van der Waals surface area contributed by atoms with E-state index in [0.29, 0.717) is 22.1 Å². The number of nitrogens with zero attached hydrogens (tertiary/aromatic N) is 1. The number of aryl methyl sites for hydroxylation is 2. The number of rotatable bonds is 5. The highest BCUT2D eigenvalue weighted by Crippen LogP contribution is 2.30. The van der Waals surface area contributed by atoms with E-state index in [1.165, 1.54) is 7.11 Å². The summed E-state index contributed by atoms with van der Waals surface area (Å²) in [6, 6.07) is 9.37. The van der Waals surface area contributed by atoms with E-state index < -0.39 is 30.0 Å². The number of hydrogen-bond acceptors (Lipinski definition) is 5. The molecule has 1 aliphatic heterocycles. The standard InChI is InChI=1S/C21H21ClN2O5/c1-12-9-16(10-13(2)18(12)22)29-17(25)11-24-19(26)21(3,23-20(24)27)14-5-7-15(28-4)8-6-14/h5-10H,11H2,1-4H3,(H,23,27). The molecule has 0 bridgehead atoms. The van der Waals surface area contributed by atoms with Crippen LogP contribution < -0.4 is 14.8 Å². The maximum atomic E-state index is 12.9. The van der Waals surface area contributed by atoms with Gasteiger partial charge in [-0.1, -0.05) is 23.7 Å². The summed E-state index contributed by atoms with van der Waals surface area (Å²) in [4.78, 5) is 38.5. The molecule has 1 N–H and O–H groups in total. The Bertz CT molecular complexity index is 966. The van der Waals surface area contributed by atoms with E-state index in [9.17, 15) is 14.4 Å². The largest absolute Gasteiger partial charge is 0.497 e. The van der Waals surface area contributed by atoms with Crippen LogP contribution in [0.15, 0.2) is 36.4 Å². The van der Waals surface area contributed by atoms with Crippen molar-refractivity contribution < 1.29 is 23.9 Å². The predicted molar refractivity (Wildman–Crippen MR) is 107 cm³/mol. The summed E-state index contributed by atoms with van der Waals surface area (Å²) in [6.45, 7) is 4.68. The molecular formula is C21H21ClN2O5. The third-order valence-corrected chi connectivity index (χ3v) is 5.47. The van der Waals surface area contributed by atoms with Crippen LogP contribution in [-0.2, 0) is 15.1 Å². The molecule has 3 amide bonds. The number of carbonyl (C=O) groups excluding carboxylic acids is 3. The van der Waals surface area contributed by atoms with E-state index in [0.717, 1.165) is 16.0 Å². The van der Waals surface area contributed by atoms with Gasteiger partial charge in [0, 0.05) is 5.02 Å². The van der Waals surface area contributed by atoms with Crippen LogP contribution in [0.25, 0.3) is 0 Å². The number of nitrogens with one attached hydrogen (secondary N) is 1. The maximum Gasteiger partial charge on any atom is 0.331 e. The van der Waals surface area contributed by atoms with Crippen LogP contribution in [0.2, 0.25) is 5.02 Å². The van der Waals surface area contributed by atoms with E-state index >= 15 is 0 Å². The van der Waals surface area contributed by atoms with E-state index in [1.54, 1.807) is 57.2 Å². The molecule has 1 heterocycles. The fraction of sp³-hybridized carbons (Fsp3) is 0.286. The first-order valence-corrected chi connectivity index (χ1v) is 9.29. The summed E-state index contributed by atoms with van der Waals surface area (Å²) in [5.74, 6) is -0.329. The summed E-state index contributed by atoms with van der Waals surface area (Å²) in [7, 11) is 1.54. The van der Waals surface area contributed by atoms with Crippen LogP contribution in [0.5, 0.6) is 11.5 Å². The summed E-state index contributed by atoms with van der Waals surface area (Å²) in [5, 5.41) is 3.24. The smallest absolute Gasteiger partial charge is 0.331 e. The van der Waals surface area contributed by atoms with Crippen molar-refractivity contribution in [2.45, 2.75) is 26.3 Å². The number of urea groups is 1. The molecule has 1 aliphatic rings. The van der Waals surface area contributed by atoms with Gasteiger partial charge in [0.2, 0.25) is 0 Å². The molecule has 152 valence electrons. The predicted octanol–water partition coefficient (Wildman–Crippen LogP) is 3.34. The number of amides is 3. The van der Waals surface area contributed by atoms with Gasteiger partial charge < -0.3 is 14.8 Å². The highest BCUT2D eigenvalue weighted by Gasteiger charge is 2.49. The third kappa shape index (κ3) is 3.91. The number of ether oxygens (including phenoxy) is 2. The second kappa shape index (κ2) is 7.75. The number of imide groups is 1. The molecule has 7 nitrogen and oxygen atoms in total. The van der Waals surface area contributed by atoms with Crippen LogP contribution in [0, 0.1) is 13.8 Å². The minimum Gasteiger partial charge on any atom is -0.497 e. The summed E-state index contributed by atoms with van der Waals surface area (Å²) >= 11 is 6.12. The Morgan fingerprint density at radius 1 is 1.10 bits per heavy atom. The Balaban J connectivity index is 1.75. The second-order valence-corrected chi connectivity index (χ2v) is 7.40. The van der Waals surface area contributed by atoms with Gasteiger partial charge in [0.1, 0.15) is 23.6 Å². The van der Waals surface area contributed by atoms with Gasteiger partial charge in [0.05, 0.1) is 7.11 Å². The molecule has 29 heavy (non-hydrogen) atoms. The normalized spacial score (nSPS) is 18.6. The lowest BCUT2D eigenvalue weighted by Gasteiger charge is -2.22. The molecule has 3 rings (SSSR count). The molecule has 1 atom stereocenters. The fourth-order valence-corrected chi connectivity index (χ4v) is 3.33. The van der Waals surface area contributed by atoms with Crippen molar-refractivity contribution in [3.05, 3.63) is 58.1 Å². The van der Waals surface area contributed by atoms with Gasteiger partial charge in [-0.15, -0.1) is 0 Å². The third-order valence-electron chi connectivity index (χ3n) is 4.87. The van der Waals surface area contributed by atoms with Crippen molar-refractivity contribution >= 4 is 29.5 Å². The number of carbonyl (C=O) groups is 3. The van der Waals surface area contributed by atoms with Gasteiger partial charge in [-0.05, 0) is 61.7 Å². The van der Waals surface area contributed by atoms with Crippen LogP contribution in [0.1, 0.15) is 23.6 Å². The Morgan fingerprint density at radius 3 is 2.24 bits per heavy atom. The van der Waals surface area contributed by atoms with Gasteiger partial charge in [-0.3, -0.25) is 9.69 Å². The fourth-order valence-electron chi connectivity index (χ4n) is 3.22. The van der Waals surface area contributed by atoms with Crippen LogP contribution in [-0.4, -0.2) is 36.5 Å². The highest BCUT2D eigenvalue weighted by atomic mass is 35.5. The zero-order chi connectivity index (χ0) is 21.3. The summed E-state index contributed by atoms with van der Waals surface area (Å²) in [5.41, 5.74) is 0.821. The van der Waals surface area contributed by atoms with Gasteiger partial charge >= 0.3 is 12.0 Å². The summed E-state index contributed by atoms with van der Waals surface area (Å²) in [6.07, 6.45) is 0. The van der Waals surface area contributed by atoms with Crippen molar-refractivity contribution in [3.8, 4) is 11.5 Å². The molecule has 0 spiro atoms. The SMILES string of the molecule is COc1ccc(C2(C)NC(=O)N(CC(=O)Oc3cc(C)c(Cl)c(C)c3)C2=O)cc1. The van der Waals surface area contributed by atoms with Gasteiger partial charge in [-0.25, -0.2) is 9.59 Å². The Morgan fingerprint density at radius 2 is 1.69 bits per heavy atom. The monoisotopic (exact) mass is 416 g/mol. The number of esters is 1. The highest BCUT2D eigenvalue weighted by molar-refractivity contribution is 6.32. The van der Waals surface area contributed by atoms with E-state index in [-0.39, 0.29) is 0 Å². The molecular weight excluding hydrogens is 396 g/mol. The first kappa shape index (κ1) is 20.7. The van der Waals surface area contributed by atoms with Gasteiger partial charge in [0.15, 0.2) is 0 Å². The average Bonchev–Trinajstić information content (AvgIpc) is 2.90. The van der Waals surface area contributed by atoms with E-state index in [1.807, 2.05) is 0 Å². The Hall–Kier alpha value is -3.06. The molecule has 1 unspecified atom stereocenters. The second-order valence-electron chi connectivity index (χ2n) is 7.02. The van der Waals surface area contributed by atoms with Gasteiger partial charge in [0.25, 0.3) is 5.91 Å². The number of methoxy groups -OCH3 is 1. The Kier molecular flexibility index (Phi) is 5.53. The Labute approximate surface area is 173 Å². The minimum absolute atomic E-state index is 0.305. The van der Waals surface area contributed by atoms with Crippen LogP contribution in [0.4, 0.5) is 4.79 Å². The zero-order valence-electron chi connectivity index (χ0n) is 16.5. The lowest BCUT2D eigenvalue weighted by Crippen LogP contribution is -2.41. The first-order valence-electron chi connectivity index (χ1n) is 8.92. The molecule has 0 radical (unpaired) electrons. The molecule has 0 aromatic heterocycles. The number of benzene rings is 2. The molecule has 2 aromatic carbocycles.